The highest BCUT2D eigenvalue weighted by Gasteiger charge is 2.19. The van der Waals surface area contributed by atoms with Crippen molar-refractivity contribution in [3.8, 4) is 11.6 Å². The van der Waals surface area contributed by atoms with E-state index in [-0.39, 0.29) is 0 Å². The fourth-order valence-corrected chi connectivity index (χ4v) is 3.35. The molecule has 0 bridgehead atoms. The molecule has 0 N–H and O–H groups in total. The van der Waals surface area contributed by atoms with Gasteiger partial charge in [-0.05, 0) is 36.8 Å². The maximum absolute atomic E-state index is 6.22. The second kappa shape index (κ2) is 7.84. The molecule has 0 aliphatic carbocycles. The molecule has 5 nitrogen and oxygen atoms in total. The van der Waals surface area contributed by atoms with Crippen molar-refractivity contribution in [1.29, 1.82) is 0 Å². The monoisotopic (exact) mass is 380 g/mol. The minimum Gasteiger partial charge on any atom is -0.437 e. The molecule has 2 aromatic carbocycles. The van der Waals surface area contributed by atoms with E-state index in [2.05, 4.69) is 44.0 Å². The van der Waals surface area contributed by atoms with Gasteiger partial charge in [0, 0.05) is 37.9 Å². The normalized spacial score (nSPS) is 14.3. The summed E-state index contributed by atoms with van der Waals surface area (Å²) >= 11 is 6.22. The van der Waals surface area contributed by atoms with Gasteiger partial charge < -0.3 is 14.5 Å². The van der Waals surface area contributed by atoms with Crippen LogP contribution in [0.2, 0.25) is 5.02 Å². The number of halogens is 1. The molecule has 4 rings (SSSR count). The maximum atomic E-state index is 6.22. The summed E-state index contributed by atoms with van der Waals surface area (Å²) in [6.07, 6.45) is 1.54. The summed E-state index contributed by atoms with van der Waals surface area (Å²) < 4.78 is 5.89. The van der Waals surface area contributed by atoms with Crippen LogP contribution in [0, 0.1) is 6.92 Å². The van der Waals surface area contributed by atoms with Gasteiger partial charge >= 0.3 is 0 Å². The van der Waals surface area contributed by atoms with E-state index in [0.717, 1.165) is 37.6 Å². The molecule has 6 heteroatoms. The van der Waals surface area contributed by atoms with Crippen molar-refractivity contribution in [3.05, 3.63) is 71.5 Å². The van der Waals surface area contributed by atoms with E-state index in [1.165, 1.54) is 12.0 Å². The van der Waals surface area contributed by atoms with Gasteiger partial charge in [0.1, 0.15) is 17.9 Å². The Labute approximate surface area is 164 Å². The van der Waals surface area contributed by atoms with Gasteiger partial charge in [0.2, 0.25) is 5.88 Å². The van der Waals surface area contributed by atoms with Crippen LogP contribution in [0.25, 0.3) is 0 Å². The number of aromatic nitrogens is 2. The summed E-state index contributed by atoms with van der Waals surface area (Å²) in [5.41, 5.74) is 2.35. The molecule has 27 heavy (non-hydrogen) atoms. The first kappa shape index (κ1) is 17.6. The van der Waals surface area contributed by atoms with Crippen LogP contribution < -0.4 is 14.5 Å². The highest BCUT2D eigenvalue weighted by molar-refractivity contribution is 6.32. The third-order valence-corrected chi connectivity index (χ3v) is 4.97. The predicted molar refractivity (Wildman–Crippen MR) is 109 cm³/mol. The van der Waals surface area contributed by atoms with Crippen molar-refractivity contribution in [1.82, 2.24) is 9.97 Å². The fraction of sp³-hybridized carbons (Fsp3) is 0.238. The van der Waals surface area contributed by atoms with Gasteiger partial charge in [-0.15, -0.1) is 0 Å². The Bertz CT molecular complexity index is 911. The van der Waals surface area contributed by atoms with Gasteiger partial charge in [-0.3, -0.25) is 0 Å². The molecule has 0 saturated carbocycles. The first-order chi connectivity index (χ1) is 13.2. The van der Waals surface area contributed by atoms with Crippen LogP contribution in [0.5, 0.6) is 11.6 Å². The number of rotatable bonds is 4. The van der Waals surface area contributed by atoms with Crippen LogP contribution in [0.1, 0.15) is 5.56 Å². The van der Waals surface area contributed by atoms with E-state index in [1.807, 2.05) is 37.3 Å². The lowest BCUT2D eigenvalue weighted by molar-refractivity contribution is 0.461. The van der Waals surface area contributed by atoms with Gasteiger partial charge in [0.15, 0.2) is 0 Å². The molecule has 1 aliphatic rings. The second-order valence-electron chi connectivity index (χ2n) is 6.56. The molecule has 0 atom stereocenters. The van der Waals surface area contributed by atoms with Crippen LogP contribution >= 0.6 is 11.6 Å². The van der Waals surface area contributed by atoms with Crippen LogP contribution in [-0.2, 0) is 0 Å². The SMILES string of the molecule is Cc1ccc(Cl)c(Oc2cc(N3CCN(c4ccccc4)CC3)ncn2)c1. The van der Waals surface area contributed by atoms with E-state index in [4.69, 9.17) is 16.3 Å². The molecule has 1 aromatic heterocycles. The van der Waals surface area contributed by atoms with Crippen molar-refractivity contribution in [3.63, 3.8) is 0 Å². The molecule has 0 spiro atoms. The summed E-state index contributed by atoms with van der Waals surface area (Å²) in [4.78, 5) is 13.3. The number of hydrogen-bond donors (Lipinski definition) is 0. The van der Waals surface area contributed by atoms with Gasteiger partial charge in [-0.1, -0.05) is 35.9 Å². The molecule has 1 saturated heterocycles. The largest absolute Gasteiger partial charge is 0.437 e. The zero-order valence-electron chi connectivity index (χ0n) is 15.2. The molecule has 138 valence electrons. The van der Waals surface area contributed by atoms with Crippen LogP contribution in [0.3, 0.4) is 0 Å². The summed E-state index contributed by atoms with van der Waals surface area (Å²) in [6.45, 7) is 5.70. The molecule has 3 aromatic rings. The molecule has 1 fully saturated rings. The van der Waals surface area contributed by atoms with E-state index < -0.39 is 0 Å². The average molecular weight is 381 g/mol. The van der Waals surface area contributed by atoms with Gasteiger partial charge in [0.25, 0.3) is 0 Å². The number of para-hydroxylation sites is 1. The number of ether oxygens (including phenoxy) is 1. The Morgan fingerprint density at radius 2 is 1.63 bits per heavy atom. The summed E-state index contributed by atoms with van der Waals surface area (Å²) in [7, 11) is 0. The van der Waals surface area contributed by atoms with Crippen molar-refractivity contribution in [2.24, 2.45) is 0 Å². The molecule has 1 aliphatic heterocycles. The minimum absolute atomic E-state index is 0.498. The number of piperazine rings is 1. The van der Waals surface area contributed by atoms with Crippen molar-refractivity contribution in [2.75, 3.05) is 36.0 Å². The van der Waals surface area contributed by atoms with Crippen LogP contribution in [0.4, 0.5) is 11.5 Å². The molecule has 0 amide bonds. The van der Waals surface area contributed by atoms with Gasteiger partial charge in [0.05, 0.1) is 5.02 Å². The van der Waals surface area contributed by atoms with Crippen molar-refractivity contribution >= 4 is 23.1 Å². The number of nitrogens with zero attached hydrogens (tertiary/aromatic N) is 4. The van der Waals surface area contributed by atoms with Crippen LogP contribution in [0.15, 0.2) is 60.9 Å². The molecular weight excluding hydrogens is 360 g/mol. The minimum atomic E-state index is 0.498. The maximum Gasteiger partial charge on any atom is 0.224 e. The lowest BCUT2D eigenvalue weighted by atomic mass is 10.2. The summed E-state index contributed by atoms with van der Waals surface area (Å²) in [6, 6.07) is 18.1. The third kappa shape index (κ3) is 4.14. The average Bonchev–Trinajstić information content (AvgIpc) is 2.72. The smallest absolute Gasteiger partial charge is 0.224 e. The first-order valence-electron chi connectivity index (χ1n) is 9.00. The highest BCUT2D eigenvalue weighted by Crippen LogP contribution is 2.30. The highest BCUT2D eigenvalue weighted by atomic mass is 35.5. The van der Waals surface area contributed by atoms with E-state index in [9.17, 15) is 0 Å². The Hall–Kier alpha value is -2.79. The Balaban J connectivity index is 1.45. The van der Waals surface area contributed by atoms with E-state index in [1.54, 1.807) is 0 Å². The number of benzene rings is 2. The van der Waals surface area contributed by atoms with Crippen LogP contribution in [-0.4, -0.2) is 36.1 Å². The summed E-state index contributed by atoms with van der Waals surface area (Å²) in [5, 5.41) is 0.567. The Kier molecular flexibility index (Phi) is 5.12. The standard InChI is InChI=1S/C21H21ClN4O/c1-16-7-8-18(22)19(13-16)27-21-14-20(23-15-24-21)26-11-9-25(10-12-26)17-5-3-2-4-6-17/h2-8,13-15H,9-12H2,1H3. The van der Waals surface area contributed by atoms with E-state index in [0.29, 0.717) is 16.7 Å². The zero-order chi connectivity index (χ0) is 18.6. The summed E-state index contributed by atoms with van der Waals surface area (Å²) in [5.74, 6) is 1.98. The first-order valence-corrected chi connectivity index (χ1v) is 9.38. The number of aryl methyl sites for hydroxylation is 1. The Morgan fingerprint density at radius 3 is 2.41 bits per heavy atom. The second-order valence-corrected chi connectivity index (χ2v) is 6.97. The van der Waals surface area contributed by atoms with Crippen molar-refractivity contribution in [2.45, 2.75) is 6.92 Å². The molecule has 0 unspecified atom stereocenters. The Morgan fingerprint density at radius 1 is 0.889 bits per heavy atom. The predicted octanol–water partition coefficient (Wildman–Crippen LogP) is 4.56. The van der Waals surface area contributed by atoms with E-state index >= 15 is 0 Å². The topological polar surface area (TPSA) is 41.5 Å². The molecule has 2 heterocycles. The fourth-order valence-electron chi connectivity index (χ4n) is 3.19. The lowest BCUT2D eigenvalue weighted by Crippen LogP contribution is -2.46. The molecule has 0 radical (unpaired) electrons. The zero-order valence-corrected chi connectivity index (χ0v) is 15.9. The number of anilines is 2. The van der Waals surface area contributed by atoms with Gasteiger partial charge in [-0.25, -0.2) is 9.97 Å². The van der Waals surface area contributed by atoms with Crippen molar-refractivity contribution < 1.29 is 4.74 Å². The molecular formula is C21H21ClN4O. The van der Waals surface area contributed by atoms with Gasteiger partial charge in [-0.2, -0.15) is 0 Å². The quantitative estimate of drug-likeness (QED) is 0.663. The third-order valence-electron chi connectivity index (χ3n) is 4.65. The lowest BCUT2D eigenvalue weighted by Gasteiger charge is -2.36. The number of hydrogen-bond acceptors (Lipinski definition) is 5.